The van der Waals surface area contributed by atoms with Crippen molar-refractivity contribution >= 4 is 23.0 Å². The summed E-state index contributed by atoms with van der Waals surface area (Å²) in [6, 6.07) is 21.5. The molecule has 0 aliphatic carbocycles. The summed E-state index contributed by atoms with van der Waals surface area (Å²) in [6.07, 6.45) is 0. The number of hydrogen-bond donors (Lipinski definition) is 2. The Morgan fingerprint density at radius 3 is 2.19 bits per heavy atom. The summed E-state index contributed by atoms with van der Waals surface area (Å²) in [7, 11) is 0. The van der Waals surface area contributed by atoms with Crippen LogP contribution in [0.4, 0.5) is 5.69 Å². The zero-order chi connectivity index (χ0) is 18.2. The molecule has 4 nitrogen and oxygen atoms in total. The molecule has 0 bridgehead atoms. The van der Waals surface area contributed by atoms with Crippen LogP contribution in [-0.2, 0) is 6.54 Å². The lowest BCUT2D eigenvalue weighted by Crippen LogP contribution is -2.53. The molecule has 2 aromatic carbocycles. The molecule has 0 saturated carbocycles. The Bertz CT molecular complexity index is 669. The molecule has 1 fully saturated rings. The van der Waals surface area contributed by atoms with Crippen LogP contribution in [0.3, 0.4) is 0 Å². The maximum atomic E-state index is 5.41. The van der Waals surface area contributed by atoms with E-state index in [9.17, 15) is 0 Å². The summed E-state index contributed by atoms with van der Waals surface area (Å²) in [4.78, 5) is 4.99. The number of benzene rings is 2. The number of para-hydroxylation sites is 1. The Hall–Kier alpha value is -2.11. The number of piperazine rings is 1. The minimum Gasteiger partial charge on any atom is -0.369 e. The average Bonchev–Trinajstić information content (AvgIpc) is 2.72. The van der Waals surface area contributed by atoms with Crippen LogP contribution in [0, 0.1) is 0 Å². The van der Waals surface area contributed by atoms with Crippen LogP contribution < -0.4 is 15.5 Å². The van der Waals surface area contributed by atoms with E-state index in [2.05, 4.69) is 69.8 Å². The normalized spacial score (nSPS) is 16.1. The highest BCUT2D eigenvalue weighted by molar-refractivity contribution is 7.80. The summed E-state index contributed by atoms with van der Waals surface area (Å²) in [5.41, 5.74) is 2.56. The van der Waals surface area contributed by atoms with Gasteiger partial charge >= 0.3 is 0 Å². The Morgan fingerprint density at radius 1 is 0.923 bits per heavy atom. The monoisotopic (exact) mass is 368 g/mol. The van der Waals surface area contributed by atoms with Crippen molar-refractivity contribution < 1.29 is 0 Å². The van der Waals surface area contributed by atoms with Gasteiger partial charge in [-0.2, -0.15) is 0 Å². The first-order valence-electron chi connectivity index (χ1n) is 9.32. The van der Waals surface area contributed by atoms with Gasteiger partial charge in [-0.05, 0) is 36.8 Å². The fraction of sp³-hybridized carbons (Fsp3) is 0.381. The third-order valence-electron chi connectivity index (χ3n) is 4.91. The molecule has 0 aromatic heterocycles. The van der Waals surface area contributed by atoms with E-state index in [-0.39, 0.29) is 0 Å². The van der Waals surface area contributed by atoms with Crippen LogP contribution >= 0.6 is 12.2 Å². The van der Waals surface area contributed by atoms with Gasteiger partial charge in [0.15, 0.2) is 5.11 Å². The third kappa shape index (κ3) is 5.44. The second-order valence-corrected chi connectivity index (χ2v) is 7.17. The van der Waals surface area contributed by atoms with Crippen molar-refractivity contribution in [1.29, 1.82) is 0 Å². The Balaban J connectivity index is 1.36. The molecule has 0 amide bonds. The first kappa shape index (κ1) is 18.7. The molecule has 3 rings (SSSR count). The van der Waals surface area contributed by atoms with E-state index in [0.29, 0.717) is 6.04 Å². The minimum atomic E-state index is 0.462. The molecule has 1 aliphatic heterocycles. The van der Waals surface area contributed by atoms with E-state index in [0.717, 1.165) is 44.4 Å². The van der Waals surface area contributed by atoms with Gasteiger partial charge in [0.25, 0.3) is 0 Å². The van der Waals surface area contributed by atoms with E-state index < -0.39 is 0 Å². The van der Waals surface area contributed by atoms with Crippen molar-refractivity contribution in [2.45, 2.75) is 19.5 Å². The Kier molecular flexibility index (Phi) is 6.86. The lowest BCUT2D eigenvalue weighted by Gasteiger charge is -2.39. The van der Waals surface area contributed by atoms with Crippen molar-refractivity contribution in [3.8, 4) is 0 Å². The molecule has 1 aliphatic rings. The summed E-state index contributed by atoms with van der Waals surface area (Å²) in [5.74, 6) is 0. The third-order valence-corrected chi connectivity index (χ3v) is 5.20. The van der Waals surface area contributed by atoms with Gasteiger partial charge in [-0.1, -0.05) is 48.5 Å². The first-order chi connectivity index (χ1) is 12.7. The molecule has 5 heteroatoms. The van der Waals surface area contributed by atoms with E-state index in [4.69, 9.17) is 12.2 Å². The predicted molar refractivity (Wildman–Crippen MR) is 114 cm³/mol. The summed E-state index contributed by atoms with van der Waals surface area (Å²) in [5, 5.41) is 7.36. The van der Waals surface area contributed by atoms with Crippen LogP contribution in [0.2, 0.25) is 0 Å². The molecule has 1 unspecified atom stereocenters. The molecule has 26 heavy (non-hydrogen) atoms. The second kappa shape index (κ2) is 9.55. The fourth-order valence-corrected chi connectivity index (χ4v) is 3.43. The zero-order valence-corrected chi connectivity index (χ0v) is 16.2. The van der Waals surface area contributed by atoms with Crippen molar-refractivity contribution in [2.24, 2.45) is 0 Å². The van der Waals surface area contributed by atoms with Gasteiger partial charge in [0, 0.05) is 51.0 Å². The number of rotatable bonds is 6. The molecule has 1 atom stereocenters. The minimum absolute atomic E-state index is 0.462. The van der Waals surface area contributed by atoms with E-state index in [1.807, 2.05) is 18.2 Å². The quantitative estimate of drug-likeness (QED) is 0.766. The molecule has 1 heterocycles. The SMILES string of the molecule is CC(CNC(=S)NCc1ccccc1)N1CCN(c2ccccc2)CC1. The highest BCUT2D eigenvalue weighted by Crippen LogP contribution is 2.16. The van der Waals surface area contributed by atoms with Gasteiger partial charge in [-0.25, -0.2) is 0 Å². The molecule has 2 N–H and O–H groups in total. The van der Waals surface area contributed by atoms with E-state index >= 15 is 0 Å². The topological polar surface area (TPSA) is 30.5 Å². The van der Waals surface area contributed by atoms with Crippen LogP contribution in [0.1, 0.15) is 12.5 Å². The molecule has 0 spiro atoms. The Morgan fingerprint density at radius 2 is 1.54 bits per heavy atom. The van der Waals surface area contributed by atoms with Gasteiger partial charge in [0.2, 0.25) is 0 Å². The molecule has 2 aromatic rings. The molecule has 0 radical (unpaired) electrons. The highest BCUT2D eigenvalue weighted by atomic mass is 32.1. The average molecular weight is 369 g/mol. The summed E-state index contributed by atoms with van der Waals surface area (Å²) < 4.78 is 0. The number of nitrogens with one attached hydrogen (secondary N) is 2. The number of nitrogens with zero attached hydrogens (tertiary/aromatic N) is 2. The molecule has 1 saturated heterocycles. The van der Waals surface area contributed by atoms with E-state index in [1.54, 1.807) is 0 Å². The van der Waals surface area contributed by atoms with Crippen LogP contribution in [0.25, 0.3) is 0 Å². The van der Waals surface area contributed by atoms with Crippen molar-refractivity contribution in [2.75, 3.05) is 37.6 Å². The number of anilines is 1. The predicted octanol–water partition coefficient (Wildman–Crippen LogP) is 2.86. The van der Waals surface area contributed by atoms with Crippen LogP contribution in [0.15, 0.2) is 60.7 Å². The van der Waals surface area contributed by atoms with Gasteiger partial charge < -0.3 is 15.5 Å². The van der Waals surface area contributed by atoms with Crippen molar-refractivity contribution in [3.63, 3.8) is 0 Å². The van der Waals surface area contributed by atoms with Crippen LogP contribution in [-0.4, -0.2) is 48.8 Å². The van der Waals surface area contributed by atoms with Crippen LogP contribution in [0.5, 0.6) is 0 Å². The second-order valence-electron chi connectivity index (χ2n) is 6.76. The van der Waals surface area contributed by atoms with Gasteiger partial charge in [0.1, 0.15) is 0 Å². The first-order valence-corrected chi connectivity index (χ1v) is 9.73. The lowest BCUT2D eigenvalue weighted by molar-refractivity contribution is 0.197. The van der Waals surface area contributed by atoms with Gasteiger partial charge in [0.05, 0.1) is 0 Å². The number of hydrogen-bond acceptors (Lipinski definition) is 3. The summed E-state index contributed by atoms with van der Waals surface area (Å²) in [6.45, 7) is 8.22. The van der Waals surface area contributed by atoms with Crippen molar-refractivity contribution in [3.05, 3.63) is 66.2 Å². The molecular formula is C21H28N4S. The molecule has 138 valence electrons. The van der Waals surface area contributed by atoms with Gasteiger partial charge in [-0.15, -0.1) is 0 Å². The van der Waals surface area contributed by atoms with E-state index in [1.165, 1.54) is 11.3 Å². The lowest BCUT2D eigenvalue weighted by atomic mass is 10.2. The maximum absolute atomic E-state index is 5.41. The van der Waals surface area contributed by atoms with Crippen molar-refractivity contribution in [1.82, 2.24) is 15.5 Å². The van der Waals surface area contributed by atoms with Gasteiger partial charge in [-0.3, -0.25) is 4.90 Å². The Labute approximate surface area is 162 Å². The summed E-state index contributed by atoms with van der Waals surface area (Å²) >= 11 is 5.41. The standard InChI is InChI=1S/C21H28N4S/c1-18(16-22-21(26)23-17-19-8-4-2-5-9-19)24-12-14-25(15-13-24)20-10-6-3-7-11-20/h2-11,18H,12-17H2,1H3,(H2,22,23,26). The zero-order valence-electron chi connectivity index (χ0n) is 15.4. The maximum Gasteiger partial charge on any atom is 0.166 e. The smallest absolute Gasteiger partial charge is 0.166 e. The largest absolute Gasteiger partial charge is 0.369 e. The number of thiocarbonyl (C=S) groups is 1. The fourth-order valence-electron chi connectivity index (χ4n) is 3.27. The molecular weight excluding hydrogens is 340 g/mol. The highest BCUT2D eigenvalue weighted by Gasteiger charge is 2.21.